The minimum Gasteiger partial charge on any atom is -0.322 e. The Balaban J connectivity index is 1.64. The van der Waals surface area contributed by atoms with Gasteiger partial charge < -0.3 is 5.32 Å². The average molecular weight is 403 g/mol. The fraction of sp³-hybridized carbons (Fsp3) is 0.217. The SMILES string of the molecule is CCc1ccccc1NC(=O)c1c(C)nsc1Cc1cnc2cccc(C)c2n1. The van der Waals surface area contributed by atoms with Crippen molar-refractivity contribution in [1.29, 1.82) is 0 Å². The highest BCUT2D eigenvalue weighted by Crippen LogP contribution is 2.25. The summed E-state index contributed by atoms with van der Waals surface area (Å²) in [5, 5.41) is 3.06. The van der Waals surface area contributed by atoms with E-state index in [4.69, 9.17) is 4.98 Å². The second-order valence-electron chi connectivity index (χ2n) is 7.01. The number of fused-ring (bicyclic) bond motifs is 1. The van der Waals surface area contributed by atoms with E-state index in [9.17, 15) is 4.79 Å². The molecule has 0 saturated heterocycles. The van der Waals surface area contributed by atoms with Crippen LogP contribution in [0.1, 0.15) is 44.7 Å². The maximum absolute atomic E-state index is 13.1. The molecular weight excluding hydrogens is 380 g/mol. The second kappa shape index (κ2) is 8.09. The van der Waals surface area contributed by atoms with Crippen LogP contribution < -0.4 is 5.32 Å². The zero-order valence-corrected chi connectivity index (χ0v) is 17.5. The Morgan fingerprint density at radius 1 is 1.10 bits per heavy atom. The fourth-order valence-corrected chi connectivity index (χ4v) is 4.31. The molecule has 2 heterocycles. The van der Waals surface area contributed by atoms with Crippen molar-refractivity contribution in [2.24, 2.45) is 0 Å². The van der Waals surface area contributed by atoms with Crippen molar-refractivity contribution >= 4 is 34.2 Å². The van der Waals surface area contributed by atoms with Crippen LogP contribution in [0.4, 0.5) is 5.69 Å². The molecule has 4 aromatic rings. The van der Waals surface area contributed by atoms with Crippen LogP contribution in [-0.2, 0) is 12.8 Å². The van der Waals surface area contributed by atoms with Crippen molar-refractivity contribution in [1.82, 2.24) is 14.3 Å². The Morgan fingerprint density at radius 3 is 2.76 bits per heavy atom. The van der Waals surface area contributed by atoms with E-state index in [1.54, 1.807) is 6.20 Å². The Bertz CT molecular complexity index is 1200. The minimum absolute atomic E-state index is 0.128. The van der Waals surface area contributed by atoms with E-state index >= 15 is 0 Å². The van der Waals surface area contributed by atoms with Crippen molar-refractivity contribution in [3.05, 3.63) is 81.6 Å². The molecule has 4 rings (SSSR count). The smallest absolute Gasteiger partial charge is 0.258 e. The summed E-state index contributed by atoms with van der Waals surface area (Å²) >= 11 is 1.35. The molecule has 0 spiro atoms. The first-order valence-corrected chi connectivity index (χ1v) is 10.4. The number of nitrogens with zero attached hydrogens (tertiary/aromatic N) is 3. The molecule has 0 fully saturated rings. The third-order valence-corrected chi connectivity index (χ3v) is 5.91. The van der Waals surface area contributed by atoms with Gasteiger partial charge in [0.1, 0.15) is 0 Å². The number of hydrogen-bond acceptors (Lipinski definition) is 5. The predicted molar refractivity (Wildman–Crippen MR) is 118 cm³/mol. The number of aromatic nitrogens is 3. The zero-order valence-electron chi connectivity index (χ0n) is 16.7. The third kappa shape index (κ3) is 3.89. The lowest BCUT2D eigenvalue weighted by molar-refractivity contribution is 0.102. The topological polar surface area (TPSA) is 67.8 Å². The highest BCUT2D eigenvalue weighted by atomic mass is 32.1. The van der Waals surface area contributed by atoms with Gasteiger partial charge in [0.2, 0.25) is 0 Å². The van der Waals surface area contributed by atoms with Gasteiger partial charge in [0.15, 0.2) is 0 Å². The third-order valence-electron chi connectivity index (χ3n) is 4.97. The molecule has 1 N–H and O–H groups in total. The number of nitrogens with one attached hydrogen (secondary N) is 1. The van der Waals surface area contributed by atoms with Crippen molar-refractivity contribution in [3.63, 3.8) is 0 Å². The van der Waals surface area contributed by atoms with Crippen molar-refractivity contribution in [2.75, 3.05) is 5.32 Å². The first-order chi connectivity index (χ1) is 14.1. The number of rotatable bonds is 5. The number of aryl methyl sites for hydroxylation is 3. The molecule has 0 saturated carbocycles. The summed E-state index contributed by atoms with van der Waals surface area (Å²) in [4.78, 5) is 23.3. The summed E-state index contributed by atoms with van der Waals surface area (Å²) in [6.45, 7) is 5.98. The number of para-hydroxylation sites is 2. The van der Waals surface area contributed by atoms with Crippen molar-refractivity contribution in [2.45, 2.75) is 33.6 Å². The maximum atomic E-state index is 13.1. The Kier molecular flexibility index (Phi) is 5.36. The van der Waals surface area contributed by atoms with E-state index in [-0.39, 0.29) is 5.91 Å². The predicted octanol–water partition coefficient (Wildman–Crippen LogP) is 5.11. The summed E-state index contributed by atoms with van der Waals surface area (Å²) in [5.41, 5.74) is 7.02. The molecule has 0 radical (unpaired) electrons. The molecule has 0 aliphatic rings. The number of carbonyl (C=O) groups is 1. The summed E-state index contributed by atoms with van der Waals surface area (Å²) < 4.78 is 4.43. The van der Waals surface area contributed by atoms with Crippen LogP contribution in [0.25, 0.3) is 11.0 Å². The molecule has 2 aromatic heterocycles. The zero-order chi connectivity index (χ0) is 20.4. The van der Waals surface area contributed by atoms with Crippen molar-refractivity contribution < 1.29 is 4.79 Å². The number of anilines is 1. The van der Waals surface area contributed by atoms with Gasteiger partial charge in [0.05, 0.1) is 28.0 Å². The van der Waals surface area contributed by atoms with Gasteiger partial charge in [-0.05, 0) is 55.1 Å². The van der Waals surface area contributed by atoms with Crippen LogP contribution in [0.5, 0.6) is 0 Å². The highest BCUT2D eigenvalue weighted by Gasteiger charge is 2.20. The molecule has 5 nitrogen and oxygen atoms in total. The van der Waals surface area contributed by atoms with Gasteiger partial charge in [-0.3, -0.25) is 9.78 Å². The van der Waals surface area contributed by atoms with E-state index in [0.29, 0.717) is 12.0 Å². The Morgan fingerprint density at radius 2 is 1.93 bits per heavy atom. The lowest BCUT2D eigenvalue weighted by Crippen LogP contribution is -2.15. The maximum Gasteiger partial charge on any atom is 0.258 e. The molecule has 29 heavy (non-hydrogen) atoms. The molecule has 0 bridgehead atoms. The van der Waals surface area contributed by atoms with Gasteiger partial charge in [-0.25, -0.2) is 4.98 Å². The van der Waals surface area contributed by atoms with Crippen LogP contribution in [-0.4, -0.2) is 20.2 Å². The number of hydrogen-bond donors (Lipinski definition) is 1. The van der Waals surface area contributed by atoms with Crippen LogP contribution in [0.3, 0.4) is 0 Å². The van der Waals surface area contributed by atoms with Gasteiger partial charge >= 0.3 is 0 Å². The molecule has 146 valence electrons. The van der Waals surface area contributed by atoms with Gasteiger partial charge in [-0.1, -0.05) is 37.3 Å². The number of amides is 1. The fourth-order valence-electron chi connectivity index (χ4n) is 3.42. The van der Waals surface area contributed by atoms with Gasteiger partial charge in [-0.15, -0.1) is 0 Å². The summed E-state index contributed by atoms with van der Waals surface area (Å²) in [6.07, 6.45) is 3.17. The molecule has 1 amide bonds. The quantitative estimate of drug-likeness (QED) is 0.504. The van der Waals surface area contributed by atoms with Crippen LogP contribution in [0.15, 0.2) is 48.7 Å². The largest absolute Gasteiger partial charge is 0.322 e. The van der Waals surface area contributed by atoms with Crippen molar-refractivity contribution in [3.8, 4) is 0 Å². The Labute approximate surface area is 174 Å². The van der Waals surface area contributed by atoms with Crippen LogP contribution in [0.2, 0.25) is 0 Å². The van der Waals surface area contributed by atoms with Crippen LogP contribution in [0, 0.1) is 13.8 Å². The van der Waals surface area contributed by atoms with Gasteiger partial charge in [0, 0.05) is 23.2 Å². The lowest BCUT2D eigenvalue weighted by Gasteiger charge is -2.10. The monoisotopic (exact) mass is 402 g/mol. The van der Waals surface area contributed by atoms with E-state index in [1.165, 1.54) is 11.5 Å². The average Bonchev–Trinajstić information content (AvgIpc) is 3.09. The summed E-state index contributed by atoms with van der Waals surface area (Å²) in [5.74, 6) is -0.128. The standard InChI is InChI=1S/C23H22N4OS/c1-4-16-9-5-6-10-18(16)26-23(28)21-15(3)27-29-20(21)12-17-13-24-19-11-7-8-14(2)22(19)25-17/h5-11,13H,4,12H2,1-3H3,(H,26,28). The van der Waals surface area contributed by atoms with E-state index < -0.39 is 0 Å². The molecule has 2 aromatic carbocycles. The molecular formula is C23H22N4OS. The minimum atomic E-state index is -0.128. The molecule has 0 aliphatic heterocycles. The van der Waals surface area contributed by atoms with Gasteiger partial charge in [0.25, 0.3) is 5.91 Å². The Hall–Kier alpha value is -3.12. The first-order valence-electron chi connectivity index (χ1n) is 9.62. The number of carbonyl (C=O) groups excluding carboxylic acids is 1. The van der Waals surface area contributed by atoms with Crippen LogP contribution >= 0.6 is 11.5 Å². The molecule has 6 heteroatoms. The van der Waals surface area contributed by atoms with E-state index in [2.05, 4.69) is 21.6 Å². The summed E-state index contributed by atoms with van der Waals surface area (Å²) in [6, 6.07) is 13.8. The molecule has 0 aliphatic carbocycles. The normalized spacial score (nSPS) is 11.0. The van der Waals surface area contributed by atoms with E-state index in [1.807, 2.05) is 56.3 Å². The second-order valence-corrected chi connectivity index (χ2v) is 7.87. The van der Waals surface area contributed by atoms with Gasteiger partial charge in [-0.2, -0.15) is 4.37 Å². The summed E-state index contributed by atoms with van der Waals surface area (Å²) in [7, 11) is 0. The number of benzene rings is 2. The van der Waals surface area contributed by atoms with E-state index in [0.717, 1.165) is 50.5 Å². The first kappa shape index (κ1) is 19.2. The highest BCUT2D eigenvalue weighted by molar-refractivity contribution is 7.06. The lowest BCUT2D eigenvalue weighted by atomic mass is 10.1. The molecule has 0 atom stereocenters. The molecule has 0 unspecified atom stereocenters.